The average Bonchev–Trinajstić information content (AvgIpc) is 2.37. The van der Waals surface area contributed by atoms with E-state index in [0.717, 1.165) is 11.1 Å². The van der Waals surface area contributed by atoms with Crippen LogP contribution in [0.3, 0.4) is 0 Å². The van der Waals surface area contributed by atoms with Gasteiger partial charge in [0.05, 0.1) is 5.69 Å². The van der Waals surface area contributed by atoms with Crippen molar-refractivity contribution in [3.05, 3.63) is 63.6 Å². The molecule has 1 aromatic carbocycles. The molecule has 1 aromatic heterocycles. The Morgan fingerprint density at radius 3 is 2.47 bits per heavy atom. The van der Waals surface area contributed by atoms with E-state index in [1.165, 1.54) is 10.6 Å². The molecule has 0 aliphatic carbocycles. The first-order valence-corrected chi connectivity index (χ1v) is 6.02. The van der Waals surface area contributed by atoms with Crippen molar-refractivity contribution in [1.82, 2.24) is 4.57 Å². The first-order valence-electron chi connectivity index (χ1n) is 6.02. The smallest absolute Gasteiger partial charge is 0.255 e. The Kier molecular flexibility index (Phi) is 3.51. The van der Waals surface area contributed by atoms with Crippen molar-refractivity contribution >= 4 is 11.6 Å². The molecule has 0 aliphatic rings. The van der Waals surface area contributed by atoms with E-state index in [1.54, 1.807) is 25.4 Å². The maximum absolute atomic E-state index is 12.1. The van der Waals surface area contributed by atoms with Crippen LogP contribution in [-0.4, -0.2) is 10.5 Å². The van der Waals surface area contributed by atoms with Gasteiger partial charge in [0.25, 0.3) is 5.91 Å². The fourth-order valence-corrected chi connectivity index (χ4v) is 1.75. The van der Waals surface area contributed by atoms with E-state index in [9.17, 15) is 9.59 Å². The summed E-state index contributed by atoms with van der Waals surface area (Å²) in [4.78, 5) is 23.3. The number of pyridine rings is 1. The molecule has 0 spiro atoms. The normalized spacial score (nSPS) is 10.3. The van der Waals surface area contributed by atoms with E-state index in [0.29, 0.717) is 11.3 Å². The van der Waals surface area contributed by atoms with E-state index in [1.807, 2.05) is 26.0 Å². The van der Waals surface area contributed by atoms with Crippen LogP contribution in [0, 0.1) is 13.8 Å². The van der Waals surface area contributed by atoms with Crippen molar-refractivity contribution in [2.24, 2.45) is 7.05 Å². The molecule has 0 fully saturated rings. The van der Waals surface area contributed by atoms with Crippen molar-refractivity contribution in [3.8, 4) is 0 Å². The van der Waals surface area contributed by atoms with Gasteiger partial charge >= 0.3 is 0 Å². The molecule has 1 N–H and O–H groups in total. The minimum Gasteiger partial charge on any atom is -0.321 e. The fourth-order valence-electron chi connectivity index (χ4n) is 1.75. The quantitative estimate of drug-likeness (QED) is 0.896. The molecule has 0 aliphatic heterocycles. The van der Waals surface area contributed by atoms with Gasteiger partial charge in [0.1, 0.15) is 0 Å². The second kappa shape index (κ2) is 5.10. The molecule has 0 saturated heterocycles. The summed E-state index contributed by atoms with van der Waals surface area (Å²) in [6, 6.07) is 8.59. The van der Waals surface area contributed by atoms with Gasteiger partial charge in [-0.2, -0.15) is 0 Å². The zero-order valence-electron chi connectivity index (χ0n) is 11.2. The van der Waals surface area contributed by atoms with E-state index in [4.69, 9.17) is 0 Å². The van der Waals surface area contributed by atoms with E-state index >= 15 is 0 Å². The summed E-state index contributed by atoms with van der Waals surface area (Å²) in [6.45, 7) is 3.97. The lowest BCUT2D eigenvalue weighted by atomic mass is 10.1. The Balaban J connectivity index is 2.22. The van der Waals surface area contributed by atoms with Crippen molar-refractivity contribution in [2.45, 2.75) is 13.8 Å². The Labute approximate surface area is 111 Å². The van der Waals surface area contributed by atoms with Crippen molar-refractivity contribution in [2.75, 3.05) is 5.32 Å². The van der Waals surface area contributed by atoms with Crippen LogP contribution in [0.25, 0.3) is 0 Å². The van der Waals surface area contributed by atoms with Gasteiger partial charge in [0.2, 0.25) is 5.56 Å². The average molecular weight is 256 g/mol. The number of aromatic nitrogens is 1. The number of carbonyl (C=O) groups excluding carboxylic acids is 1. The molecule has 1 heterocycles. The molecule has 0 bridgehead atoms. The topological polar surface area (TPSA) is 51.1 Å². The third kappa shape index (κ3) is 2.91. The Hall–Kier alpha value is -2.36. The predicted octanol–water partition coefficient (Wildman–Crippen LogP) is 2.25. The van der Waals surface area contributed by atoms with Crippen molar-refractivity contribution < 1.29 is 4.79 Å². The largest absolute Gasteiger partial charge is 0.321 e. The number of carbonyl (C=O) groups is 1. The fraction of sp³-hybridized carbons (Fsp3) is 0.200. The third-order valence-corrected chi connectivity index (χ3v) is 3.11. The second-order valence-electron chi connectivity index (χ2n) is 4.62. The summed E-state index contributed by atoms with van der Waals surface area (Å²) in [5.74, 6) is -0.179. The van der Waals surface area contributed by atoms with Crippen LogP contribution in [0.1, 0.15) is 21.5 Å². The maximum atomic E-state index is 12.1. The number of rotatable bonds is 2. The van der Waals surface area contributed by atoms with Gasteiger partial charge in [-0.25, -0.2) is 0 Å². The lowest BCUT2D eigenvalue weighted by Gasteiger charge is -2.08. The minimum absolute atomic E-state index is 0.107. The predicted molar refractivity (Wildman–Crippen MR) is 75.6 cm³/mol. The number of aryl methyl sites for hydroxylation is 3. The molecular formula is C15H16N2O2. The van der Waals surface area contributed by atoms with Crippen LogP contribution in [0.15, 0.2) is 41.3 Å². The van der Waals surface area contributed by atoms with Crippen LogP contribution in [0.5, 0.6) is 0 Å². The second-order valence-corrected chi connectivity index (χ2v) is 4.62. The number of anilines is 1. The van der Waals surface area contributed by atoms with Crippen LogP contribution in [-0.2, 0) is 7.05 Å². The first kappa shape index (κ1) is 13.1. The molecule has 1 amide bonds. The van der Waals surface area contributed by atoms with E-state index in [2.05, 4.69) is 5.32 Å². The Bertz CT molecular complexity index is 687. The van der Waals surface area contributed by atoms with Crippen LogP contribution < -0.4 is 10.9 Å². The lowest BCUT2D eigenvalue weighted by Crippen LogP contribution is -2.18. The maximum Gasteiger partial charge on any atom is 0.255 e. The van der Waals surface area contributed by atoms with E-state index < -0.39 is 0 Å². The zero-order valence-corrected chi connectivity index (χ0v) is 11.2. The van der Waals surface area contributed by atoms with Gasteiger partial charge in [0, 0.05) is 24.9 Å². The number of benzene rings is 1. The van der Waals surface area contributed by atoms with Crippen LogP contribution in [0.2, 0.25) is 0 Å². The van der Waals surface area contributed by atoms with Crippen LogP contribution >= 0.6 is 0 Å². The number of nitrogens with zero attached hydrogens (tertiary/aromatic N) is 1. The first-order chi connectivity index (χ1) is 8.97. The molecule has 4 nitrogen and oxygen atoms in total. The molecule has 2 rings (SSSR count). The van der Waals surface area contributed by atoms with Gasteiger partial charge in [-0.05, 0) is 43.2 Å². The molecule has 98 valence electrons. The standard InChI is InChI=1S/C15H16N2O2/c1-10-4-5-12(8-11(10)2)15(19)16-13-6-7-14(18)17(3)9-13/h4-9H,1-3H3,(H,16,19). The summed E-state index contributed by atoms with van der Waals surface area (Å²) >= 11 is 0. The Morgan fingerprint density at radius 1 is 1.11 bits per heavy atom. The summed E-state index contributed by atoms with van der Waals surface area (Å²) in [7, 11) is 1.65. The SMILES string of the molecule is Cc1ccc(C(=O)Nc2ccc(=O)n(C)c2)cc1C. The van der Waals surface area contributed by atoms with Gasteiger partial charge in [-0.1, -0.05) is 6.07 Å². The van der Waals surface area contributed by atoms with Gasteiger partial charge < -0.3 is 9.88 Å². The molecule has 0 radical (unpaired) electrons. The zero-order chi connectivity index (χ0) is 14.0. The summed E-state index contributed by atoms with van der Waals surface area (Å²) in [6.07, 6.45) is 1.60. The van der Waals surface area contributed by atoms with Gasteiger partial charge in [0.15, 0.2) is 0 Å². The Morgan fingerprint density at radius 2 is 1.84 bits per heavy atom. The monoisotopic (exact) mass is 256 g/mol. The van der Waals surface area contributed by atoms with Gasteiger partial charge in [-0.15, -0.1) is 0 Å². The highest BCUT2D eigenvalue weighted by Crippen LogP contribution is 2.12. The molecular weight excluding hydrogens is 240 g/mol. The molecule has 19 heavy (non-hydrogen) atoms. The van der Waals surface area contributed by atoms with Crippen LogP contribution in [0.4, 0.5) is 5.69 Å². The minimum atomic E-state index is -0.179. The molecule has 4 heteroatoms. The number of nitrogens with one attached hydrogen (secondary N) is 1. The van der Waals surface area contributed by atoms with Gasteiger partial charge in [-0.3, -0.25) is 9.59 Å². The van der Waals surface area contributed by atoms with Crippen molar-refractivity contribution in [3.63, 3.8) is 0 Å². The molecule has 0 saturated carbocycles. The molecule has 0 unspecified atom stereocenters. The van der Waals surface area contributed by atoms with Crippen molar-refractivity contribution in [1.29, 1.82) is 0 Å². The van der Waals surface area contributed by atoms with E-state index in [-0.39, 0.29) is 11.5 Å². The lowest BCUT2D eigenvalue weighted by molar-refractivity contribution is 0.102. The third-order valence-electron chi connectivity index (χ3n) is 3.11. The summed E-state index contributed by atoms with van der Waals surface area (Å²) in [5, 5.41) is 2.77. The highest BCUT2D eigenvalue weighted by atomic mass is 16.1. The highest BCUT2D eigenvalue weighted by Gasteiger charge is 2.07. The molecule has 0 atom stereocenters. The number of hydrogen-bond donors (Lipinski definition) is 1. The summed E-state index contributed by atoms with van der Waals surface area (Å²) in [5.41, 5.74) is 3.33. The molecule has 2 aromatic rings. The highest BCUT2D eigenvalue weighted by molar-refractivity contribution is 6.04. The summed E-state index contributed by atoms with van der Waals surface area (Å²) < 4.78 is 1.43. The number of amides is 1. The number of hydrogen-bond acceptors (Lipinski definition) is 2.